The van der Waals surface area contributed by atoms with Crippen molar-refractivity contribution in [2.75, 3.05) is 5.06 Å². The third-order valence-corrected chi connectivity index (χ3v) is 2.56. The number of nitrogens with two attached hydrogens (primary N) is 1. The fourth-order valence-electron chi connectivity index (χ4n) is 1.66. The van der Waals surface area contributed by atoms with Gasteiger partial charge in [-0.25, -0.2) is 4.79 Å². The molecule has 20 heavy (non-hydrogen) atoms. The average Bonchev–Trinajstić information content (AvgIpc) is 2.64. The number of rotatable bonds is 2. The maximum atomic E-state index is 12.1. The number of amides is 2. The highest BCUT2D eigenvalue weighted by atomic mass is 19.4. The number of primary amides is 1. The van der Waals surface area contributed by atoms with E-state index in [1.54, 1.807) is 0 Å². The number of alkyl halides is 3. The summed E-state index contributed by atoms with van der Waals surface area (Å²) in [6.07, 6.45) is -5.47. The minimum Gasteiger partial charge on any atom is -0.366 e. The molecule has 1 heterocycles. The molecule has 1 aliphatic rings. The Hall–Kier alpha value is -2.58. The Morgan fingerprint density at radius 3 is 2.50 bits per heavy atom. The van der Waals surface area contributed by atoms with E-state index in [4.69, 9.17) is 5.73 Å². The third-order valence-electron chi connectivity index (χ3n) is 2.56. The Bertz CT molecular complexity index is 612. The molecule has 106 valence electrons. The molecular weight excluding hydrogens is 281 g/mol. The first-order chi connectivity index (χ1) is 9.20. The molecule has 0 saturated heterocycles. The van der Waals surface area contributed by atoms with E-state index in [1.165, 1.54) is 12.1 Å². The molecule has 2 amide bonds. The van der Waals surface area contributed by atoms with Crippen LogP contribution in [0.3, 0.4) is 0 Å². The molecule has 0 unspecified atom stereocenters. The minimum absolute atomic E-state index is 0.0218. The average molecular weight is 288 g/mol. The highest BCUT2D eigenvalue weighted by molar-refractivity contribution is 6.03. The lowest BCUT2D eigenvalue weighted by molar-refractivity contribution is -0.201. The van der Waals surface area contributed by atoms with Crippen LogP contribution in [0.25, 0.3) is 0 Å². The van der Waals surface area contributed by atoms with Gasteiger partial charge < -0.3 is 10.6 Å². The summed E-state index contributed by atoms with van der Waals surface area (Å²) < 4.78 is 36.4. The fraction of sp³-hybridized carbons (Fsp3) is 0.182. The van der Waals surface area contributed by atoms with Gasteiger partial charge in [-0.2, -0.15) is 13.2 Å². The Morgan fingerprint density at radius 2 is 1.95 bits per heavy atom. The van der Waals surface area contributed by atoms with Gasteiger partial charge in [0.1, 0.15) is 0 Å². The maximum absolute atomic E-state index is 12.1. The van der Waals surface area contributed by atoms with E-state index in [1.807, 2.05) is 0 Å². The van der Waals surface area contributed by atoms with Gasteiger partial charge in [-0.1, -0.05) is 6.07 Å². The van der Waals surface area contributed by atoms with Crippen molar-refractivity contribution >= 4 is 23.5 Å². The summed E-state index contributed by atoms with van der Waals surface area (Å²) in [4.78, 5) is 37.3. The van der Waals surface area contributed by atoms with E-state index in [9.17, 15) is 27.6 Å². The van der Waals surface area contributed by atoms with Crippen molar-refractivity contribution < 1.29 is 32.4 Å². The SMILES string of the molecule is NC(=O)c1ccc2c(c1)N(OC(=O)C(F)(F)F)C(=O)C2. The van der Waals surface area contributed by atoms with Crippen molar-refractivity contribution in [3.05, 3.63) is 29.3 Å². The molecule has 0 saturated carbocycles. The number of hydrogen-bond donors (Lipinski definition) is 1. The zero-order chi connectivity index (χ0) is 15.1. The second kappa shape index (κ2) is 4.51. The standard InChI is InChI=1S/C11H7F3N2O4/c12-11(13,14)10(19)20-16-7-3-6(9(15)18)2-1-5(7)4-8(16)17/h1-3H,4H2,(H2,15,18). The molecule has 2 rings (SSSR count). The van der Waals surface area contributed by atoms with Crippen molar-refractivity contribution in [2.45, 2.75) is 12.6 Å². The monoisotopic (exact) mass is 288 g/mol. The number of fused-ring (bicyclic) bond motifs is 1. The van der Waals surface area contributed by atoms with E-state index in [-0.39, 0.29) is 22.7 Å². The highest BCUT2D eigenvalue weighted by Crippen LogP contribution is 2.31. The quantitative estimate of drug-likeness (QED) is 0.867. The summed E-state index contributed by atoms with van der Waals surface area (Å²) in [5, 5.41) is 0.220. The van der Waals surface area contributed by atoms with E-state index in [0.717, 1.165) is 6.07 Å². The van der Waals surface area contributed by atoms with Crippen LogP contribution in [0, 0.1) is 0 Å². The van der Waals surface area contributed by atoms with Gasteiger partial charge in [0.2, 0.25) is 5.91 Å². The number of hydrogen-bond acceptors (Lipinski definition) is 4. The Morgan fingerprint density at radius 1 is 1.30 bits per heavy atom. The molecular formula is C11H7F3N2O4. The normalized spacial score (nSPS) is 14.2. The molecule has 6 nitrogen and oxygen atoms in total. The number of nitrogens with zero attached hydrogens (tertiary/aromatic N) is 1. The Kier molecular flexibility index (Phi) is 3.12. The number of carbonyl (C=O) groups excluding carboxylic acids is 3. The van der Waals surface area contributed by atoms with Crippen LogP contribution >= 0.6 is 0 Å². The zero-order valence-electron chi connectivity index (χ0n) is 9.73. The smallest absolute Gasteiger partial charge is 0.366 e. The first kappa shape index (κ1) is 13.8. The maximum Gasteiger partial charge on any atom is 0.493 e. The summed E-state index contributed by atoms with van der Waals surface area (Å²) in [5.74, 6) is -4.20. The van der Waals surface area contributed by atoms with Gasteiger partial charge in [0.15, 0.2) is 0 Å². The van der Waals surface area contributed by atoms with Crippen LogP contribution in [0.15, 0.2) is 18.2 Å². The summed E-state index contributed by atoms with van der Waals surface area (Å²) in [5.41, 5.74) is 5.23. The van der Waals surface area contributed by atoms with Gasteiger partial charge in [0, 0.05) is 5.56 Å². The molecule has 0 radical (unpaired) electrons. The highest BCUT2D eigenvalue weighted by Gasteiger charge is 2.45. The van der Waals surface area contributed by atoms with Crippen LogP contribution in [0.2, 0.25) is 0 Å². The van der Waals surface area contributed by atoms with Crippen LogP contribution < -0.4 is 10.8 Å². The molecule has 0 fully saturated rings. The molecule has 0 spiro atoms. The van der Waals surface area contributed by atoms with Gasteiger partial charge in [0.05, 0.1) is 12.1 Å². The molecule has 9 heteroatoms. The van der Waals surface area contributed by atoms with Crippen LogP contribution in [-0.2, 0) is 20.8 Å². The summed E-state index contributed by atoms with van der Waals surface area (Å²) in [6, 6.07) is 3.77. The molecule has 0 bridgehead atoms. The van der Waals surface area contributed by atoms with Crippen molar-refractivity contribution in [1.82, 2.24) is 0 Å². The predicted octanol–water partition coefficient (Wildman–Crippen LogP) is 0.695. The number of benzene rings is 1. The van der Waals surface area contributed by atoms with Gasteiger partial charge in [0.25, 0.3) is 5.91 Å². The number of halogens is 3. The van der Waals surface area contributed by atoms with Crippen molar-refractivity contribution in [3.63, 3.8) is 0 Å². The Labute approximate surface area is 109 Å². The fourth-order valence-corrected chi connectivity index (χ4v) is 1.66. The van der Waals surface area contributed by atoms with E-state index < -0.39 is 24.0 Å². The number of anilines is 1. The molecule has 2 N–H and O–H groups in total. The summed E-state index contributed by atoms with van der Waals surface area (Å²) in [7, 11) is 0. The van der Waals surface area contributed by atoms with Crippen LogP contribution in [0.1, 0.15) is 15.9 Å². The van der Waals surface area contributed by atoms with Crippen molar-refractivity contribution in [1.29, 1.82) is 0 Å². The minimum atomic E-state index is -5.23. The molecule has 1 aromatic rings. The van der Waals surface area contributed by atoms with Crippen molar-refractivity contribution in [3.8, 4) is 0 Å². The van der Waals surface area contributed by atoms with E-state index >= 15 is 0 Å². The van der Waals surface area contributed by atoms with Gasteiger partial charge >= 0.3 is 12.1 Å². The lowest BCUT2D eigenvalue weighted by atomic mass is 10.1. The first-order valence-corrected chi connectivity index (χ1v) is 5.25. The summed E-state index contributed by atoms with van der Waals surface area (Å²) >= 11 is 0. The van der Waals surface area contributed by atoms with Crippen LogP contribution in [0.5, 0.6) is 0 Å². The van der Waals surface area contributed by atoms with Crippen LogP contribution in [-0.4, -0.2) is 24.0 Å². The lowest BCUT2D eigenvalue weighted by Gasteiger charge is -2.17. The molecule has 1 aromatic carbocycles. The second-order valence-corrected chi connectivity index (χ2v) is 3.95. The lowest BCUT2D eigenvalue weighted by Crippen LogP contribution is -2.36. The largest absolute Gasteiger partial charge is 0.493 e. The van der Waals surface area contributed by atoms with Gasteiger partial charge in [-0.05, 0) is 17.7 Å². The molecule has 0 atom stereocenters. The number of carbonyl (C=O) groups is 3. The first-order valence-electron chi connectivity index (χ1n) is 5.25. The molecule has 0 aromatic heterocycles. The van der Waals surface area contributed by atoms with Gasteiger partial charge in [-0.3, -0.25) is 9.59 Å². The summed E-state index contributed by atoms with van der Waals surface area (Å²) in [6.45, 7) is 0. The van der Waals surface area contributed by atoms with Crippen molar-refractivity contribution in [2.24, 2.45) is 5.73 Å². The Balaban J connectivity index is 2.34. The second-order valence-electron chi connectivity index (χ2n) is 3.95. The third kappa shape index (κ3) is 2.42. The zero-order valence-corrected chi connectivity index (χ0v) is 9.73. The van der Waals surface area contributed by atoms with Gasteiger partial charge in [-0.15, -0.1) is 5.06 Å². The van der Waals surface area contributed by atoms with E-state index in [2.05, 4.69) is 4.84 Å². The predicted molar refractivity (Wildman–Crippen MR) is 58.3 cm³/mol. The molecule has 0 aliphatic carbocycles. The number of hydroxylamine groups is 1. The van der Waals surface area contributed by atoms with E-state index in [0.29, 0.717) is 5.56 Å². The topological polar surface area (TPSA) is 89.7 Å². The van der Waals surface area contributed by atoms with Crippen LogP contribution in [0.4, 0.5) is 18.9 Å². The molecule has 1 aliphatic heterocycles.